The summed E-state index contributed by atoms with van der Waals surface area (Å²) < 4.78 is 3.34. The van der Waals surface area contributed by atoms with E-state index < -0.39 is 0 Å². The summed E-state index contributed by atoms with van der Waals surface area (Å²) in [6, 6.07) is 2.15. The van der Waals surface area contributed by atoms with Crippen LogP contribution in [0.15, 0.2) is 11.4 Å². The number of hydrogen-bond acceptors (Lipinski definition) is 3. The van der Waals surface area contributed by atoms with Gasteiger partial charge < -0.3 is 4.90 Å². The molecule has 3 rings (SSSR count). The molecule has 3 heterocycles. The molecular weight excluding hydrogens is 206 g/mol. The zero-order valence-corrected chi connectivity index (χ0v) is 9.76. The zero-order chi connectivity index (χ0) is 10.3. The molecular formula is C11H15N3S. The Bertz CT molecular complexity index is 465. The summed E-state index contributed by atoms with van der Waals surface area (Å²) in [7, 11) is 2.03. The molecule has 1 aliphatic rings. The molecule has 4 heteroatoms. The maximum atomic E-state index is 4.63. The van der Waals surface area contributed by atoms with Gasteiger partial charge in [-0.25, -0.2) is 0 Å². The fraction of sp³-hybridized carbons (Fsp3) is 0.545. The Hall–Kier alpha value is -1.03. The van der Waals surface area contributed by atoms with Crippen molar-refractivity contribution in [1.82, 2.24) is 9.78 Å². The Morgan fingerprint density at radius 3 is 2.87 bits per heavy atom. The molecule has 0 N–H and O–H groups in total. The van der Waals surface area contributed by atoms with Crippen LogP contribution in [0, 0.1) is 0 Å². The molecule has 1 saturated heterocycles. The van der Waals surface area contributed by atoms with E-state index in [0.717, 1.165) is 0 Å². The van der Waals surface area contributed by atoms with E-state index in [2.05, 4.69) is 21.4 Å². The van der Waals surface area contributed by atoms with Crippen molar-refractivity contribution in [2.75, 3.05) is 18.0 Å². The van der Waals surface area contributed by atoms with E-state index in [4.69, 9.17) is 0 Å². The summed E-state index contributed by atoms with van der Waals surface area (Å²) in [6.07, 6.45) is 3.99. The van der Waals surface area contributed by atoms with Crippen LogP contribution in [0.5, 0.6) is 0 Å². The number of piperidine rings is 1. The van der Waals surface area contributed by atoms with Crippen molar-refractivity contribution in [1.29, 1.82) is 0 Å². The maximum Gasteiger partial charge on any atom is 0.168 e. The number of hydrogen-bond donors (Lipinski definition) is 0. The summed E-state index contributed by atoms with van der Waals surface area (Å²) in [6.45, 7) is 2.34. The fourth-order valence-electron chi connectivity index (χ4n) is 2.28. The lowest BCUT2D eigenvalue weighted by Gasteiger charge is -2.26. The van der Waals surface area contributed by atoms with Gasteiger partial charge in [-0.15, -0.1) is 11.3 Å². The van der Waals surface area contributed by atoms with Crippen LogP contribution in [-0.4, -0.2) is 22.9 Å². The second-order valence-corrected chi connectivity index (χ2v) is 5.05. The molecule has 0 unspecified atom stereocenters. The van der Waals surface area contributed by atoms with Crippen LogP contribution in [0.1, 0.15) is 19.3 Å². The van der Waals surface area contributed by atoms with Crippen LogP contribution in [-0.2, 0) is 7.05 Å². The third-order valence-corrected chi connectivity index (χ3v) is 4.00. The Morgan fingerprint density at radius 2 is 2.07 bits per heavy atom. The van der Waals surface area contributed by atoms with Crippen molar-refractivity contribution in [3.63, 3.8) is 0 Å². The summed E-state index contributed by atoms with van der Waals surface area (Å²) in [5, 5.41) is 6.78. The van der Waals surface area contributed by atoms with Crippen LogP contribution in [0.4, 0.5) is 5.82 Å². The molecule has 0 atom stereocenters. The molecule has 0 radical (unpaired) electrons. The lowest BCUT2D eigenvalue weighted by Crippen LogP contribution is -2.29. The number of nitrogens with zero attached hydrogens (tertiary/aromatic N) is 3. The quantitative estimate of drug-likeness (QED) is 0.738. The van der Waals surface area contributed by atoms with Gasteiger partial charge in [0.1, 0.15) is 0 Å². The van der Waals surface area contributed by atoms with Crippen LogP contribution < -0.4 is 4.90 Å². The van der Waals surface area contributed by atoms with Crippen molar-refractivity contribution in [2.45, 2.75) is 19.3 Å². The van der Waals surface area contributed by atoms with Gasteiger partial charge in [-0.05, 0) is 30.7 Å². The monoisotopic (exact) mass is 221 g/mol. The van der Waals surface area contributed by atoms with Gasteiger partial charge in [0.25, 0.3) is 0 Å². The number of anilines is 1. The lowest BCUT2D eigenvalue weighted by atomic mass is 10.1. The predicted molar refractivity (Wildman–Crippen MR) is 64.7 cm³/mol. The molecule has 1 aliphatic heterocycles. The molecule has 3 nitrogen and oxygen atoms in total. The first-order valence-corrected chi connectivity index (χ1v) is 6.39. The molecule has 2 aromatic heterocycles. The average Bonchev–Trinajstić information content (AvgIpc) is 2.84. The van der Waals surface area contributed by atoms with E-state index in [1.807, 2.05) is 11.7 Å². The number of aromatic nitrogens is 2. The van der Waals surface area contributed by atoms with Gasteiger partial charge in [0.05, 0.1) is 10.2 Å². The zero-order valence-electron chi connectivity index (χ0n) is 8.94. The highest BCUT2D eigenvalue weighted by molar-refractivity contribution is 7.17. The Balaban J connectivity index is 2.05. The minimum Gasteiger partial charge on any atom is -0.354 e. The van der Waals surface area contributed by atoms with Gasteiger partial charge in [-0.3, -0.25) is 4.68 Å². The highest BCUT2D eigenvalue weighted by Gasteiger charge is 2.18. The predicted octanol–water partition coefficient (Wildman–Crippen LogP) is 2.63. The van der Waals surface area contributed by atoms with Gasteiger partial charge in [-0.1, -0.05) is 0 Å². The maximum absolute atomic E-state index is 4.63. The molecule has 0 saturated carbocycles. The Labute approximate surface area is 93.3 Å². The third-order valence-electron chi connectivity index (χ3n) is 3.10. The SMILES string of the molecule is Cn1nc(N2CCCCC2)c2sccc21. The van der Waals surface area contributed by atoms with E-state index in [-0.39, 0.29) is 0 Å². The first-order valence-electron chi connectivity index (χ1n) is 5.51. The molecule has 2 aromatic rings. The van der Waals surface area contributed by atoms with Crippen LogP contribution >= 0.6 is 11.3 Å². The van der Waals surface area contributed by atoms with Crippen molar-refractivity contribution >= 4 is 27.4 Å². The van der Waals surface area contributed by atoms with Crippen molar-refractivity contribution < 1.29 is 0 Å². The number of rotatable bonds is 1. The molecule has 0 bridgehead atoms. The van der Waals surface area contributed by atoms with Gasteiger partial charge in [0, 0.05) is 20.1 Å². The summed E-state index contributed by atoms with van der Waals surface area (Å²) in [5.74, 6) is 1.20. The highest BCUT2D eigenvalue weighted by Crippen LogP contribution is 2.31. The normalized spacial score (nSPS) is 17.5. The third kappa shape index (κ3) is 1.44. The van der Waals surface area contributed by atoms with Crippen LogP contribution in [0.25, 0.3) is 10.2 Å². The molecule has 0 aromatic carbocycles. The lowest BCUT2D eigenvalue weighted by molar-refractivity contribution is 0.571. The van der Waals surface area contributed by atoms with E-state index in [1.54, 1.807) is 11.3 Å². The Kier molecular flexibility index (Phi) is 2.16. The molecule has 0 spiro atoms. The van der Waals surface area contributed by atoms with E-state index in [9.17, 15) is 0 Å². The number of thiophene rings is 1. The number of aryl methyl sites for hydroxylation is 1. The van der Waals surface area contributed by atoms with E-state index in [1.165, 1.54) is 48.4 Å². The standard InChI is InChI=1S/C11H15N3S/c1-13-9-5-8-15-10(9)11(12-13)14-6-3-2-4-7-14/h5,8H,2-4,6-7H2,1H3. The Morgan fingerprint density at radius 1 is 1.27 bits per heavy atom. The molecule has 15 heavy (non-hydrogen) atoms. The van der Waals surface area contributed by atoms with Gasteiger partial charge in [-0.2, -0.15) is 5.10 Å². The summed E-state index contributed by atoms with van der Waals surface area (Å²) in [5.41, 5.74) is 1.26. The smallest absolute Gasteiger partial charge is 0.168 e. The van der Waals surface area contributed by atoms with Gasteiger partial charge >= 0.3 is 0 Å². The second-order valence-electron chi connectivity index (χ2n) is 4.13. The minimum atomic E-state index is 1.17. The topological polar surface area (TPSA) is 21.1 Å². The second kappa shape index (κ2) is 3.52. The van der Waals surface area contributed by atoms with E-state index >= 15 is 0 Å². The molecule has 0 aliphatic carbocycles. The van der Waals surface area contributed by atoms with Crippen molar-refractivity contribution in [3.05, 3.63) is 11.4 Å². The average molecular weight is 221 g/mol. The highest BCUT2D eigenvalue weighted by atomic mass is 32.1. The van der Waals surface area contributed by atoms with Crippen LogP contribution in [0.3, 0.4) is 0 Å². The largest absolute Gasteiger partial charge is 0.354 e. The number of fused-ring (bicyclic) bond motifs is 1. The van der Waals surface area contributed by atoms with Crippen molar-refractivity contribution in [3.8, 4) is 0 Å². The molecule has 80 valence electrons. The van der Waals surface area contributed by atoms with Crippen LogP contribution in [0.2, 0.25) is 0 Å². The van der Waals surface area contributed by atoms with Crippen molar-refractivity contribution in [2.24, 2.45) is 7.05 Å². The first kappa shape index (κ1) is 9.21. The summed E-state index contributed by atoms with van der Waals surface area (Å²) in [4.78, 5) is 2.43. The van der Waals surface area contributed by atoms with E-state index in [0.29, 0.717) is 0 Å². The molecule has 0 amide bonds. The van der Waals surface area contributed by atoms with Gasteiger partial charge in [0.2, 0.25) is 0 Å². The minimum absolute atomic E-state index is 1.17. The fourth-order valence-corrected chi connectivity index (χ4v) is 3.21. The first-order chi connectivity index (χ1) is 7.36. The molecule has 1 fully saturated rings. The van der Waals surface area contributed by atoms with Gasteiger partial charge in [0.15, 0.2) is 5.82 Å². The summed E-state index contributed by atoms with van der Waals surface area (Å²) >= 11 is 1.80.